The monoisotopic (exact) mass is 278 g/mol. The topological polar surface area (TPSA) is 61.8 Å². The molecule has 0 fully saturated rings. The van der Waals surface area contributed by atoms with Crippen LogP contribution in [0.5, 0.6) is 17.2 Å². The normalized spacial score (nSPS) is 13.8. The molecule has 5 nitrogen and oxygen atoms in total. The van der Waals surface area contributed by atoms with E-state index in [2.05, 4.69) is 0 Å². The second kappa shape index (κ2) is 4.62. The van der Waals surface area contributed by atoms with Crippen molar-refractivity contribution in [2.75, 3.05) is 19.7 Å². The van der Waals surface area contributed by atoms with Crippen molar-refractivity contribution in [3.8, 4) is 17.2 Å². The largest absolute Gasteiger partial charge is 0.496 e. The van der Waals surface area contributed by atoms with Crippen LogP contribution in [-0.4, -0.2) is 28.1 Å². The molecule has 0 spiro atoms. The molecule has 0 bridgehead atoms. The third kappa shape index (κ3) is 2.76. The summed E-state index contributed by atoms with van der Waals surface area (Å²) in [7, 11) is 3.15. The summed E-state index contributed by atoms with van der Waals surface area (Å²) in [6.45, 7) is 0.128. The van der Waals surface area contributed by atoms with Crippen molar-refractivity contribution in [3.63, 3.8) is 0 Å². The van der Waals surface area contributed by atoms with Crippen molar-refractivity contribution < 1.29 is 22.6 Å². The summed E-state index contributed by atoms with van der Waals surface area (Å²) in [4.78, 5) is 0. The van der Waals surface area contributed by atoms with Crippen LogP contribution in [0.3, 0.4) is 0 Å². The Morgan fingerprint density at radius 3 is 2.82 bits per heavy atom. The molecular formula is C10H11ClO5S. The van der Waals surface area contributed by atoms with Gasteiger partial charge in [0.1, 0.15) is 5.75 Å². The molecule has 1 heterocycles. The van der Waals surface area contributed by atoms with Crippen molar-refractivity contribution in [1.29, 1.82) is 0 Å². The molecule has 0 amide bonds. The van der Waals surface area contributed by atoms with E-state index in [4.69, 9.17) is 24.9 Å². The first-order valence-electron chi connectivity index (χ1n) is 4.89. The molecule has 1 aromatic carbocycles. The van der Waals surface area contributed by atoms with Gasteiger partial charge >= 0.3 is 0 Å². The third-order valence-corrected chi connectivity index (χ3v) is 3.57. The summed E-state index contributed by atoms with van der Waals surface area (Å²) in [6, 6.07) is 3.43. The van der Waals surface area contributed by atoms with Gasteiger partial charge in [-0.2, -0.15) is 0 Å². The van der Waals surface area contributed by atoms with Gasteiger partial charge in [-0.3, -0.25) is 0 Å². The second-order valence-corrected chi connectivity index (χ2v) is 6.37. The maximum Gasteiger partial charge on any atom is 0.232 e. The lowest BCUT2D eigenvalue weighted by molar-refractivity contribution is 0.173. The Bertz CT molecular complexity index is 526. The fraction of sp³-hybridized carbons (Fsp3) is 0.400. The van der Waals surface area contributed by atoms with E-state index in [0.29, 0.717) is 22.8 Å². The van der Waals surface area contributed by atoms with Crippen LogP contribution in [0.4, 0.5) is 0 Å². The molecular weight excluding hydrogens is 268 g/mol. The summed E-state index contributed by atoms with van der Waals surface area (Å²) in [6.07, 6.45) is 0.224. The molecule has 0 aromatic heterocycles. The van der Waals surface area contributed by atoms with E-state index >= 15 is 0 Å². The zero-order valence-corrected chi connectivity index (χ0v) is 10.7. The SMILES string of the molecule is COc1ccc2c(c1CCS(=O)(=O)Cl)OCO2. The van der Waals surface area contributed by atoms with Crippen LogP contribution in [0, 0.1) is 0 Å². The Kier molecular flexibility index (Phi) is 3.35. The van der Waals surface area contributed by atoms with E-state index in [1.807, 2.05) is 0 Å². The number of rotatable bonds is 4. The van der Waals surface area contributed by atoms with E-state index in [0.717, 1.165) is 0 Å². The molecule has 0 aliphatic carbocycles. The molecule has 0 unspecified atom stereocenters. The summed E-state index contributed by atoms with van der Waals surface area (Å²) in [5.41, 5.74) is 0.659. The molecule has 2 rings (SSSR count). The number of benzene rings is 1. The average molecular weight is 279 g/mol. The predicted octanol–water partition coefficient (Wildman–Crippen LogP) is 1.54. The van der Waals surface area contributed by atoms with Crippen LogP contribution in [0.1, 0.15) is 5.56 Å². The van der Waals surface area contributed by atoms with Crippen molar-refractivity contribution in [3.05, 3.63) is 17.7 Å². The zero-order chi connectivity index (χ0) is 12.5. The minimum atomic E-state index is -3.54. The summed E-state index contributed by atoms with van der Waals surface area (Å²) in [5, 5.41) is 0. The van der Waals surface area contributed by atoms with Gasteiger partial charge in [-0.05, 0) is 18.6 Å². The molecule has 1 aliphatic rings. The zero-order valence-electron chi connectivity index (χ0n) is 9.10. The highest BCUT2D eigenvalue weighted by Gasteiger charge is 2.22. The predicted molar refractivity (Wildman–Crippen MR) is 62.5 cm³/mol. The molecule has 1 aromatic rings. The lowest BCUT2D eigenvalue weighted by atomic mass is 10.1. The first-order valence-corrected chi connectivity index (χ1v) is 7.37. The van der Waals surface area contributed by atoms with Crippen molar-refractivity contribution >= 4 is 19.7 Å². The van der Waals surface area contributed by atoms with Gasteiger partial charge in [-0.15, -0.1) is 0 Å². The Labute approximate surface area is 104 Å². The van der Waals surface area contributed by atoms with E-state index in [1.54, 1.807) is 12.1 Å². The van der Waals surface area contributed by atoms with Crippen LogP contribution >= 0.6 is 10.7 Å². The van der Waals surface area contributed by atoms with Gasteiger partial charge in [0.2, 0.25) is 15.8 Å². The number of methoxy groups -OCH3 is 1. The van der Waals surface area contributed by atoms with Gasteiger partial charge in [0.15, 0.2) is 11.5 Å². The van der Waals surface area contributed by atoms with Gasteiger partial charge in [0.25, 0.3) is 0 Å². The Balaban J connectivity index is 2.33. The molecule has 17 heavy (non-hydrogen) atoms. The van der Waals surface area contributed by atoms with E-state index < -0.39 is 9.05 Å². The quantitative estimate of drug-likeness (QED) is 0.782. The first kappa shape index (κ1) is 12.3. The highest BCUT2D eigenvalue weighted by atomic mass is 35.7. The van der Waals surface area contributed by atoms with Crippen LogP contribution in [-0.2, 0) is 15.5 Å². The highest BCUT2D eigenvalue weighted by molar-refractivity contribution is 8.13. The van der Waals surface area contributed by atoms with E-state index in [9.17, 15) is 8.42 Å². The maximum absolute atomic E-state index is 11.0. The van der Waals surface area contributed by atoms with Crippen molar-refractivity contribution in [1.82, 2.24) is 0 Å². The van der Waals surface area contributed by atoms with E-state index in [-0.39, 0.29) is 19.0 Å². The Hall–Kier alpha value is -1.14. The van der Waals surface area contributed by atoms with Crippen molar-refractivity contribution in [2.45, 2.75) is 6.42 Å². The first-order chi connectivity index (χ1) is 8.01. The maximum atomic E-state index is 11.0. The smallest absolute Gasteiger partial charge is 0.232 e. The highest BCUT2D eigenvalue weighted by Crippen LogP contribution is 2.41. The second-order valence-electron chi connectivity index (χ2n) is 3.47. The summed E-state index contributed by atoms with van der Waals surface area (Å²) < 4.78 is 37.6. The summed E-state index contributed by atoms with van der Waals surface area (Å²) in [5.74, 6) is 1.51. The van der Waals surface area contributed by atoms with Gasteiger partial charge < -0.3 is 14.2 Å². The molecule has 0 saturated carbocycles. The van der Waals surface area contributed by atoms with Gasteiger partial charge in [0.05, 0.1) is 12.9 Å². The third-order valence-electron chi connectivity index (χ3n) is 2.41. The van der Waals surface area contributed by atoms with Gasteiger partial charge in [-0.25, -0.2) is 8.42 Å². The number of hydrogen-bond donors (Lipinski definition) is 0. The van der Waals surface area contributed by atoms with Crippen LogP contribution in [0.15, 0.2) is 12.1 Å². The lowest BCUT2D eigenvalue weighted by Crippen LogP contribution is -2.04. The number of fused-ring (bicyclic) bond motifs is 1. The minimum absolute atomic E-state index is 0.128. The number of hydrogen-bond acceptors (Lipinski definition) is 5. The van der Waals surface area contributed by atoms with Gasteiger partial charge in [0, 0.05) is 16.2 Å². The Morgan fingerprint density at radius 1 is 1.41 bits per heavy atom. The molecule has 0 atom stereocenters. The molecule has 94 valence electrons. The number of ether oxygens (including phenoxy) is 3. The molecule has 0 radical (unpaired) electrons. The van der Waals surface area contributed by atoms with Crippen LogP contribution in [0.2, 0.25) is 0 Å². The Morgan fingerprint density at radius 2 is 2.18 bits per heavy atom. The molecule has 7 heteroatoms. The van der Waals surface area contributed by atoms with Crippen molar-refractivity contribution in [2.24, 2.45) is 0 Å². The fourth-order valence-corrected chi connectivity index (χ4v) is 2.34. The fourth-order valence-electron chi connectivity index (χ4n) is 1.66. The van der Waals surface area contributed by atoms with Crippen LogP contribution < -0.4 is 14.2 Å². The summed E-state index contributed by atoms with van der Waals surface area (Å²) >= 11 is 0. The average Bonchev–Trinajstić information content (AvgIpc) is 2.72. The molecule has 0 saturated heterocycles. The lowest BCUT2D eigenvalue weighted by Gasteiger charge is -2.10. The molecule has 1 aliphatic heterocycles. The standard InChI is InChI=1S/C10H11ClO5S/c1-14-8-2-3-9-10(16-6-15-9)7(8)4-5-17(11,12)13/h2-3H,4-6H2,1H3. The van der Waals surface area contributed by atoms with E-state index in [1.165, 1.54) is 7.11 Å². The van der Waals surface area contributed by atoms with Crippen LogP contribution in [0.25, 0.3) is 0 Å². The number of halogens is 1. The minimum Gasteiger partial charge on any atom is -0.496 e. The van der Waals surface area contributed by atoms with Gasteiger partial charge in [-0.1, -0.05) is 0 Å². The molecule has 0 N–H and O–H groups in total.